The van der Waals surface area contributed by atoms with Crippen molar-refractivity contribution in [3.8, 4) is 0 Å². The quantitative estimate of drug-likeness (QED) is 0.850. The summed E-state index contributed by atoms with van der Waals surface area (Å²) in [7, 11) is 1.59. The van der Waals surface area contributed by atoms with E-state index in [0.717, 1.165) is 0 Å². The molecule has 0 spiro atoms. The van der Waals surface area contributed by atoms with E-state index in [1.165, 1.54) is 5.56 Å². The van der Waals surface area contributed by atoms with E-state index in [1.807, 2.05) is 18.2 Å². The van der Waals surface area contributed by atoms with E-state index in [9.17, 15) is 4.79 Å². The lowest BCUT2D eigenvalue weighted by Crippen LogP contribution is -2.30. The summed E-state index contributed by atoms with van der Waals surface area (Å²) >= 11 is 0. The summed E-state index contributed by atoms with van der Waals surface area (Å²) in [6, 6.07) is 13.7. The molecule has 4 nitrogen and oxygen atoms in total. The average molecular weight is 301 g/mol. The maximum Gasteiger partial charge on any atom is 0.287 e. The number of benzene rings is 1. The first-order valence-electron chi connectivity index (χ1n) is 7.52. The second-order valence-corrected chi connectivity index (χ2v) is 5.67. The van der Waals surface area contributed by atoms with Gasteiger partial charge in [0.05, 0.1) is 0 Å². The van der Waals surface area contributed by atoms with E-state index in [2.05, 4.69) is 31.3 Å². The number of hydrogen-bond acceptors (Lipinski definition) is 3. The molecule has 0 fully saturated rings. The number of amides is 1. The summed E-state index contributed by atoms with van der Waals surface area (Å²) in [6.07, 6.45) is 0. The molecule has 22 heavy (non-hydrogen) atoms. The third-order valence-electron chi connectivity index (χ3n) is 3.69. The Balaban J connectivity index is 1.98. The lowest BCUT2D eigenvalue weighted by Gasteiger charge is -2.21. The zero-order valence-corrected chi connectivity index (χ0v) is 13.3. The highest BCUT2D eigenvalue weighted by Gasteiger charge is 2.18. The Labute approximate surface area is 131 Å². The van der Waals surface area contributed by atoms with E-state index >= 15 is 0 Å². The van der Waals surface area contributed by atoms with Crippen LogP contribution in [0.1, 0.15) is 41.6 Å². The molecule has 1 amide bonds. The molecule has 1 aromatic heterocycles. The Morgan fingerprint density at radius 3 is 2.55 bits per heavy atom. The van der Waals surface area contributed by atoms with Gasteiger partial charge in [0.1, 0.15) is 12.4 Å². The van der Waals surface area contributed by atoms with Crippen LogP contribution in [0.25, 0.3) is 0 Å². The normalized spacial score (nSPS) is 12.4. The van der Waals surface area contributed by atoms with E-state index in [-0.39, 0.29) is 11.8 Å². The molecule has 2 aromatic rings. The Kier molecular flexibility index (Phi) is 5.78. The molecule has 0 saturated heterocycles. The van der Waals surface area contributed by atoms with E-state index in [0.29, 0.717) is 30.6 Å². The minimum absolute atomic E-state index is 0.191. The van der Waals surface area contributed by atoms with Crippen molar-refractivity contribution in [2.45, 2.75) is 26.4 Å². The summed E-state index contributed by atoms with van der Waals surface area (Å²) in [6.45, 7) is 5.27. The number of carbonyl (C=O) groups is 1. The van der Waals surface area contributed by atoms with Gasteiger partial charge in [-0.05, 0) is 23.6 Å². The second kappa shape index (κ2) is 7.80. The van der Waals surface area contributed by atoms with Gasteiger partial charge in [-0.3, -0.25) is 4.79 Å². The number of furan rings is 1. The fourth-order valence-corrected chi connectivity index (χ4v) is 2.45. The van der Waals surface area contributed by atoms with Crippen LogP contribution in [0.15, 0.2) is 46.9 Å². The molecule has 1 heterocycles. The second-order valence-electron chi connectivity index (χ2n) is 5.67. The van der Waals surface area contributed by atoms with Gasteiger partial charge in [0.25, 0.3) is 5.91 Å². The number of carbonyl (C=O) groups excluding carboxylic acids is 1. The Bertz CT molecular complexity index is 589. The van der Waals surface area contributed by atoms with Crippen molar-refractivity contribution in [2.75, 3.05) is 13.7 Å². The van der Waals surface area contributed by atoms with Crippen molar-refractivity contribution >= 4 is 5.91 Å². The molecule has 0 aliphatic heterocycles. The zero-order chi connectivity index (χ0) is 15.9. The first-order chi connectivity index (χ1) is 10.6. The van der Waals surface area contributed by atoms with Gasteiger partial charge in [0, 0.05) is 19.6 Å². The molecule has 1 aromatic carbocycles. The summed E-state index contributed by atoms with van der Waals surface area (Å²) < 4.78 is 10.4. The van der Waals surface area contributed by atoms with Gasteiger partial charge in [0.2, 0.25) is 0 Å². The van der Waals surface area contributed by atoms with Crippen LogP contribution in [0, 0.1) is 5.92 Å². The van der Waals surface area contributed by atoms with Crippen LogP contribution >= 0.6 is 0 Å². The minimum Gasteiger partial charge on any atom is -0.453 e. The topological polar surface area (TPSA) is 51.5 Å². The van der Waals surface area contributed by atoms with Gasteiger partial charge >= 0.3 is 0 Å². The van der Waals surface area contributed by atoms with Gasteiger partial charge in [-0.2, -0.15) is 0 Å². The molecule has 4 heteroatoms. The van der Waals surface area contributed by atoms with Crippen LogP contribution in [0.4, 0.5) is 0 Å². The van der Waals surface area contributed by atoms with Crippen molar-refractivity contribution < 1.29 is 13.9 Å². The minimum atomic E-state index is -0.191. The van der Waals surface area contributed by atoms with Gasteiger partial charge in [-0.15, -0.1) is 0 Å². The SMILES string of the molecule is COCc1ccc(C(=O)NCC(c2ccccc2)C(C)C)o1. The van der Waals surface area contributed by atoms with Crippen molar-refractivity contribution in [3.63, 3.8) is 0 Å². The molecule has 1 N–H and O–H groups in total. The van der Waals surface area contributed by atoms with Gasteiger partial charge < -0.3 is 14.5 Å². The van der Waals surface area contributed by atoms with Crippen LogP contribution in [0.3, 0.4) is 0 Å². The fourth-order valence-electron chi connectivity index (χ4n) is 2.45. The fraction of sp³-hybridized carbons (Fsp3) is 0.389. The molecular weight excluding hydrogens is 278 g/mol. The Morgan fingerprint density at radius 2 is 1.91 bits per heavy atom. The van der Waals surface area contributed by atoms with Gasteiger partial charge in [0.15, 0.2) is 5.76 Å². The van der Waals surface area contributed by atoms with Crippen LogP contribution < -0.4 is 5.32 Å². The maximum absolute atomic E-state index is 12.2. The summed E-state index contributed by atoms with van der Waals surface area (Å²) in [5, 5.41) is 2.96. The predicted molar refractivity (Wildman–Crippen MR) is 85.8 cm³/mol. The highest BCUT2D eigenvalue weighted by molar-refractivity contribution is 5.91. The third-order valence-corrected chi connectivity index (χ3v) is 3.69. The van der Waals surface area contributed by atoms with Gasteiger partial charge in [-0.1, -0.05) is 44.2 Å². The summed E-state index contributed by atoms with van der Waals surface area (Å²) in [5.41, 5.74) is 1.23. The third kappa shape index (κ3) is 4.21. The first kappa shape index (κ1) is 16.3. The van der Waals surface area contributed by atoms with Crippen molar-refractivity contribution in [1.29, 1.82) is 0 Å². The number of nitrogens with one attached hydrogen (secondary N) is 1. The first-order valence-corrected chi connectivity index (χ1v) is 7.52. The van der Waals surface area contributed by atoms with Crippen LogP contribution in [-0.4, -0.2) is 19.6 Å². The molecule has 1 atom stereocenters. The standard InChI is InChI=1S/C18H23NO3/c1-13(2)16(14-7-5-4-6-8-14)11-19-18(20)17-10-9-15(22-17)12-21-3/h4-10,13,16H,11-12H2,1-3H3,(H,19,20). The highest BCUT2D eigenvalue weighted by Crippen LogP contribution is 2.23. The molecule has 2 rings (SSSR count). The predicted octanol–water partition coefficient (Wildman–Crippen LogP) is 3.60. The van der Waals surface area contributed by atoms with Crippen LogP contribution in [0.2, 0.25) is 0 Å². The number of hydrogen-bond donors (Lipinski definition) is 1. The summed E-state index contributed by atoms with van der Waals surface area (Å²) in [4.78, 5) is 12.2. The van der Waals surface area contributed by atoms with E-state index in [4.69, 9.17) is 9.15 Å². The van der Waals surface area contributed by atoms with Crippen molar-refractivity contribution in [3.05, 3.63) is 59.5 Å². The van der Waals surface area contributed by atoms with E-state index in [1.54, 1.807) is 19.2 Å². The molecule has 0 bridgehead atoms. The van der Waals surface area contributed by atoms with Gasteiger partial charge in [-0.25, -0.2) is 0 Å². The lowest BCUT2D eigenvalue weighted by molar-refractivity contribution is 0.0912. The molecular formula is C18H23NO3. The maximum atomic E-state index is 12.2. The highest BCUT2D eigenvalue weighted by atomic mass is 16.5. The lowest BCUT2D eigenvalue weighted by atomic mass is 9.88. The average Bonchev–Trinajstić information content (AvgIpc) is 2.97. The van der Waals surface area contributed by atoms with Crippen molar-refractivity contribution in [1.82, 2.24) is 5.32 Å². The van der Waals surface area contributed by atoms with Crippen LogP contribution in [0.5, 0.6) is 0 Å². The molecule has 0 aliphatic rings. The Hall–Kier alpha value is -2.07. The smallest absolute Gasteiger partial charge is 0.287 e. The molecule has 0 aliphatic carbocycles. The number of ether oxygens (including phenoxy) is 1. The zero-order valence-electron chi connectivity index (χ0n) is 13.3. The largest absolute Gasteiger partial charge is 0.453 e. The Morgan fingerprint density at radius 1 is 1.18 bits per heavy atom. The monoisotopic (exact) mass is 301 g/mol. The summed E-state index contributed by atoms with van der Waals surface area (Å²) in [5.74, 6) is 1.49. The molecule has 1 unspecified atom stereocenters. The molecule has 118 valence electrons. The molecule has 0 saturated carbocycles. The van der Waals surface area contributed by atoms with Crippen molar-refractivity contribution in [2.24, 2.45) is 5.92 Å². The molecule has 0 radical (unpaired) electrons. The van der Waals surface area contributed by atoms with Crippen LogP contribution in [-0.2, 0) is 11.3 Å². The van der Waals surface area contributed by atoms with E-state index < -0.39 is 0 Å². The number of rotatable bonds is 7. The number of methoxy groups -OCH3 is 1.